The highest BCUT2D eigenvalue weighted by Crippen LogP contribution is 2.30. The fourth-order valence-electron chi connectivity index (χ4n) is 1.74. The van der Waals surface area contributed by atoms with Gasteiger partial charge in [-0.1, -0.05) is 0 Å². The van der Waals surface area contributed by atoms with Gasteiger partial charge >= 0.3 is 6.18 Å². The monoisotopic (exact) mass is 304 g/mol. The van der Waals surface area contributed by atoms with Crippen LogP contribution in [0.25, 0.3) is 10.2 Å². The minimum Gasteiger partial charge on any atom is -0.369 e. The van der Waals surface area contributed by atoms with E-state index in [4.69, 9.17) is 0 Å². The fraction of sp³-hybridized carbons (Fsp3) is 0.500. The Kier molecular flexibility index (Phi) is 4.32. The SMILES string of the molecule is CCNc1nc(NCCC(F)(F)F)c2cc(C)sc2n1. The maximum absolute atomic E-state index is 12.2. The number of aryl methyl sites for hydroxylation is 1. The summed E-state index contributed by atoms with van der Waals surface area (Å²) >= 11 is 1.49. The lowest BCUT2D eigenvalue weighted by atomic mass is 10.3. The van der Waals surface area contributed by atoms with E-state index in [0.29, 0.717) is 18.3 Å². The molecule has 0 aliphatic heterocycles. The van der Waals surface area contributed by atoms with Gasteiger partial charge in [-0.25, -0.2) is 4.98 Å². The normalized spacial score (nSPS) is 11.8. The Labute approximate surface area is 118 Å². The van der Waals surface area contributed by atoms with Gasteiger partial charge in [-0.2, -0.15) is 18.2 Å². The van der Waals surface area contributed by atoms with Crippen LogP contribution >= 0.6 is 11.3 Å². The average Bonchev–Trinajstić information content (AvgIpc) is 2.68. The van der Waals surface area contributed by atoms with Crippen LogP contribution in [-0.2, 0) is 0 Å². The van der Waals surface area contributed by atoms with Crippen LogP contribution in [0, 0.1) is 6.92 Å². The lowest BCUT2D eigenvalue weighted by Crippen LogP contribution is -2.15. The quantitative estimate of drug-likeness (QED) is 0.882. The van der Waals surface area contributed by atoms with E-state index in [0.717, 1.165) is 15.1 Å². The van der Waals surface area contributed by atoms with Crippen molar-refractivity contribution >= 4 is 33.3 Å². The summed E-state index contributed by atoms with van der Waals surface area (Å²) in [4.78, 5) is 10.4. The van der Waals surface area contributed by atoms with Gasteiger partial charge in [0, 0.05) is 18.0 Å². The second kappa shape index (κ2) is 5.82. The number of fused-ring (bicyclic) bond motifs is 1. The fourth-order valence-corrected chi connectivity index (χ4v) is 2.62. The van der Waals surface area contributed by atoms with Gasteiger partial charge in [-0.3, -0.25) is 0 Å². The molecule has 0 aromatic carbocycles. The summed E-state index contributed by atoms with van der Waals surface area (Å²) in [5, 5.41) is 6.49. The number of nitrogens with one attached hydrogen (secondary N) is 2. The third-order valence-corrected chi connectivity index (χ3v) is 3.50. The largest absolute Gasteiger partial charge is 0.390 e. The Morgan fingerprint density at radius 3 is 2.65 bits per heavy atom. The van der Waals surface area contributed by atoms with Crippen molar-refractivity contribution in [2.45, 2.75) is 26.4 Å². The maximum Gasteiger partial charge on any atom is 0.390 e. The van der Waals surface area contributed by atoms with Crippen molar-refractivity contribution in [3.63, 3.8) is 0 Å². The molecular formula is C12H15F3N4S. The first-order valence-electron chi connectivity index (χ1n) is 6.21. The van der Waals surface area contributed by atoms with Crippen molar-refractivity contribution < 1.29 is 13.2 Å². The molecule has 4 nitrogen and oxygen atoms in total. The first-order valence-corrected chi connectivity index (χ1v) is 7.03. The highest BCUT2D eigenvalue weighted by atomic mass is 32.1. The molecular weight excluding hydrogens is 289 g/mol. The van der Waals surface area contributed by atoms with Crippen LogP contribution in [0.4, 0.5) is 24.9 Å². The number of hydrogen-bond donors (Lipinski definition) is 2. The number of thiophene rings is 1. The van der Waals surface area contributed by atoms with Gasteiger partial charge in [0.1, 0.15) is 10.6 Å². The number of aromatic nitrogens is 2. The van der Waals surface area contributed by atoms with E-state index in [-0.39, 0.29) is 6.54 Å². The molecule has 2 heterocycles. The molecule has 0 atom stereocenters. The minimum absolute atomic E-state index is 0.198. The van der Waals surface area contributed by atoms with Gasteiger partial charge in [-0.05, 0) is 19.9 Å². The van der Waals surface area contributed by atoms with Crippen LogP contribution in [0.3, 0.4) is 0 Å². The lowest BCUT2D eigenvalue weighted by Gasteiger charge is -2.10. The molecule has 0 aliphatic rings. The predicted octanol–water partition coefficient (Wildman–Crippen LogP) is 3.80. The molecule has 0 fully saturated rings. The minimum atomic E-state index is -4.17. The molecule has 0 amide bonds. The van der Waals surface area contributed by atoms with Crippen molar-refractivity contribution in [3.05, 3.63) is 10.9 Å². The van der Waals surface area contributed by atoms with Gasteiger partial charge in [0.05, 0.1) is 11.8 Å². The van der Waals surface area contributed by atoms with E-state index in [2.05, 4.69) is 20.6 Å². The number of rotatable bonds is 5. The smallest absolute Gasteiger partial charge is 0.369 e. The molecule has 2 rings (SSSR count). The zero-order valence-corrected chi connectivity index (χ0v) is 12.0. The van der Waals surface area contributed by atoms with Crippen molar-refractivity contribution in [2.24, 2.45) is 0 Å². The summed E-state index contributed by atoms with van der Waals surface area (Å²) in [6.07, 6.45) is -5.06. The highest BCUT2D eigenvalue weighted by Gasteiger charge is 2.26. The van der Waals surface area contributed by atoms with Crippen molar-refractivity contribution in [1.82, 2.24) is 9.97 Å². The molecule has 0 saturated heterocycles. The zero-order chi connectivity index (χ0) is 14.8. The Morgan fingerprint density at radius 1 is 1.25 bits per heavy atom. The maximum atomic E-state index is 12.2. The highest BCUT2D eigenvalue weighted by molar-refractivity contribution is 7.18. The lowest BCUT2D eigenvalue weighted by molar-refractivity contribution is -0.131. The van der Waals surface area contributed by atoms with Gasteiger partial charge in [0.25, 0.3) is 0 Å². The number of alkyl halides is 3. The summed E-state index contributed by atoms with van der Waals surface area (Å²) < 4.78 is 36.6. The molecule has 0 unspecified atom stereocenters. The van der Waals surface area contributed by atoms with E-state index in [1.54, 1.807) is 0 Å². The third kappa shape index (κ3) is 3.72. The Hall–Kier alpha value is -1.57. The van der Waals surface area contributed by atoms with E-state index in [1.165, 1.54) is 11.3 Å². The Bertz CT molecular complexity index is 594. The summed E-state index contributed by atoms with van der Waals surface area (Å²) in [6, 6.07) is 1.88. The molecule has 0 saturated carbocycles. The molecule has 0 bridgehead atoms. The van der Waals surface area contributed by atoms with Gasteiger partial charge in [-0.15, -0.1) is 11.3 Å². The molecule has 110 valence electrons. The summed E-state index contributed by atoms with van der Waals surface area (Å²) in [6.45, 7) is 4.29. The second-order valence-corrected chi connectivity index (χ2v) is 5.53. The molecule has 20 heavy (non-hydrogen) atoms. The van der Waals surface area contributed by atoms with Gasteiger partial charge < -0.3 is 10.6 Å². The predicted molar refractivity (Wildman–Crippen MR) is 75.5 cm³/mol. The molecule has 2 N–H and O–H groups in total. The first-order chi connectivity index (χ1) is 9.39. The zero-order valence-electron chi connectivity index (χ0n) is 11.1. The van der Waals surface area contributed by atoms with E-state index >= 15 is 0 Å². The molecule has 0 radical (unpaired) electrons. The second-order valence-electron chi connectivity index (χ2n) is 4.29. The number of hydrogen-bond acceptors (Lipinski definition) is 5. The van der Waals surface area contributed by atoms with Crippen molar-refractivity contribution in [1.29, 1.82) is 0 Å². The van der Waals surface area contributed by atoms with Crippen molar-refractivity contribution in [2.75, 3.05) is 23.7 Å². The summed E-state index contributed by atoms with van der Waals surface area (Å²) in [5.41, 5.74) is 0. The molecule has 2 aromatic heterocycles. The van der Waals surface area contributed by atoms with Crippen LogP contribution in [0.5, 0.6) is 0 Å². The number of halogens is 3. The molecule has 8 heteroatoms. The van der Waals surface area contributed by atoms with E-state index in [1.807, 2.05) is 19.9 Å². The molecule has 0 aliphatic carbocycles. The first kappa shape index (κ1) is 14.8. The molecule has 0 spiro atoms. The van der Waals surface area contributed by atoms with Crippen LogP contribution in [0.1, 0.15) is 18.2 Å². The van der Waals surface area contributed by atoms with Crippen molar-refractivity contribution in [3.8, 4) is 0 Å². The van der Waals surface area contributed by atoms with E-state index < -0.39 is 12.6 Å². The Balaban J connectivity index is 2.24. The average molecular weight is 304 g/mol. The van der Waals surface area contributed by atoms with Crippen LogP contribution in [0.15, 0.2) is 6.07 Å². The number of anilines is 2. The topological polar surface area (TPSA) is 49.8 Å². The number of nitrogens with zero attached hydrogens (tertiary/aromatic N) is 2. The van der Waals surface area contributed by atoms with E-state index in [9.17, 15) is 13.2 Å². The van der Waals surface area contributed by atoms with Gasteiger partial charge in [0.15, 0.2) is 0 Å². The van der Waals surface area contributed by atoms with Crippen LogP contribution < -0.4 is 10.6 Å². The third-order valence-electron chi connectivity index (χ3n) is 2.55. The molecule has 2 aromatic rings. The summed E-state index contributed by atoms with van der Waals surface area (Å²) in [7, 11) is 0. The van der Waals surface area contributed by atoms with Crippen LogP contribution in [-0.4, -0.2) is 29.2 Å². The van der Waals surface area contributed by atoms with Crippen LogP contribution in [0.2, 0.25) is 0 Å². The standard InChI is InChI=1S/C12H15F3N4S/c1-3-16-11-18-9(17-5-4-12(13,14)15)8-6-7(2)20-10(8)19-11/h6H,3-5H2,1-2H3,(H2,16,17,18,19). The Morgan fingerprint density at radius 2 is 2.00 bits per heavy atom. The summed E-state index contributed by atoms with van der Waals surface area (Å²) in [5.74, 6) is 0.871. The van der Waals surface area contributed by atoms with Gasteiger partial charge in [0.2, 0.25) is 5.95 Å².